The highest BCUT2D eigenvalue weighted by molar-refractivity contribution is 6.09. The summed E-state index contributed by atoms with van der Waals surface area (Å²) in [5, 5.41) is 21.7. The number of rotatable bonds is 4. The lowest BCUT2D eigenvalue weighted by atomic mass is 10.0. The summed E-state index contributed by atoms with van der Waals surface area (Å²) in [5.74, 6) is 0.251. The number of carbonyl (C=O) groups is 1. The minimum Gasteiger partial charge on any atom is -0.508 e. The molecular formula is C19H15NO3. The molecule has 4 heteroatoms. The van der Waals surface area contributed by atoms with Gasteiger partial charge in [0, 0.05) is 22.5 Å². The first-order valence-corrected chi connectivity index (χ1v) is 7.12. The minimum atomic E-state index is -0.0961. The zero-order valence-corrected chi connectivity index (χ0v) is 12.2. The highest BCUT2D eigenvalue weighted by Crippen LogP contribution is 2.21. The summed E-state index contributed by atoms with van der Waals surface area (Å²) in [6, 6.07) is 20.1. The Kier molecular flexibility index (Phi) is 3.97. The van der Waals surface area contributed by atoms with Gasteiger partial charge in [0.05, 0.1) is 0 Å². The van der Waals surface area contributed by atoms with Crippen LogP contribution < -0.4 is 5.32 Å². The van der Waals surface area contributed by atoms with Crippen LogP contribution in [0.15, 0.2) is 72.8 Å². The standard InChI is InChI=1S/C19H15NO3/c21-17-9-3-14(4-10-17)19(23)13-1-5-15(6-2-13)20-16-7-11-18(22)12-8-16/h1-12,20-22H. The van der Waals surface area contributed by atoms with Crippen molar-refractivity contribution >= 4 is 17.2 Å². The van der Waals surface area contributed by atoms with Gasteiger partial charge in [-0.15, -0.1) is 0 Å². The van der Waals surface area contributed by atoms with Crippen LogP contribution in [0.25, 0.3) is 0 Å². The molecule has 0 saturated carbocycles. The second-order valence-electron chi connectivity index (χ2n) is 5.13. The number of phenols is 2. The van der Waals surface area contributed by atoms with Crippen LogP contribution in [0.1, 0.15) is 15.9 Å². The van der Waals surface area contributed by atoms with Crippen LogP contribution in [0.3, 0.4) is 0 Å². The Balaban J connectivity index is 1.75. The van der Waals surface area contributed by atoms with E-state index in [-0.39, 0.29) is 17.3 Å². The van der Waals surface area contributed by atoms with Gasteiger partial charge in [-0.3, -0.25) is 4.79 Å². The topological polar surface area (TPSA) is 69.6 Å². The minimum absolute atomic E-state index is 0.0961. The molecule has 0 spiro atoms. The second-order valence-corrected chi connectivity index (χ2v) is 5.13. The van der Waals surface area contributed by atoms with Gasteiger partial charge in [-0.1, -0.05) is 0 Å². The number of phenolic OH excluding ortho intramolecular Hbond substituents is 2. The summed E-state index contributed by atoms with van der Waals surface area (Å²) >= 11 is 0. The normalized spacial score (nSPS) is 10.3. The first-order chi connectivity index (χ1) is 11.1. The van der Waals surface area contributed by atoms with Gasteiger partial charge < -0.3 is 15.5 Å². The third kappa shape index (κ3) is 3.49. The van der Waals surface area contributed by atoms with Crippen molar-refractivity contribution in [1.82, 2.24) is 0 Å². The van der Waals surface area contributed by atoms with Crippen LogP contribution >= 0.6 is 0 Å². The van der Waals surface area contributed by atoms with Crippen LogP contribution in [0.2, 0.25) is 0 Å². The molecule has 114 valence electrons. The number of carbonyl (C=O) groups excluding carboxylic acids is 1. The van der Waals surface area contributed by atoms with Crippen molar-refractivity contribution in [2.24, 2.45) is 0 Å². The van der Waals surface area contributed by atoms with Crippen LogP contribution in [-0.2, 0) is 0 Å². The van der Waals surface area contributed by atoms with Gasteiger partial charge in [0.15, 0.2) is 5.78 Å². The van der Waals surface area contributed by atoms with E-state index in [1.54, 1.807) is 48.5 Å². The molecular weight excluding hydrogens is 290 g/mol. The summed E-state index contributed by atoms with van der Waals surface area (Å²) in [6.07, 6.45) is 0. The number of ketones is 1. The van der Waals surface area contributed by atoms with Gasteiger partial charge in [-0.05, 0) is 72.8 Å². The monoisotopic (exact) mass is 305 g/mol. The maximum Gasteiger partial charge on any atom is 0.193 e. The molecule has 4 nitrogen and oxygen atoms in total. The van der Waals surface area contributed by atoms with Crippen molar-refractivity contribution in [3.05, 3.63) is 83.9 Å². The van der Waals surface area contributed by atoms with Crippen molar-refractivity contribution in [3.8, 4) is 11.5 Å². The third-order valence-electron chi connectivity index (χ3n) is 3.43. The highest BCUT2D eigenvalue weighted by atomic mass is 16.3. The van der Waals surface area contributed by atoms with Gasteiger partial charge in [0.25, 0.3) is 0 Å². The van der Waals surface area contributed by atoms with Gasteiger partial charge in [-0.2, -0.15) is 0 Å². The van der Waals surface area contributed by atoms with E-state index in [1.807, 2.05) is 12.1 Å². The molecule has 0 radical (unpaired) electrons. The van der Waals surface area contributed by atoms with E-state index in [0.29, 0.717) is 11.1 Å². The summed E-state index contributed by atoms with van der Waals surface area (Å²) < 4.78 is 0. The molecule has 0 unspecified atom stereocenters. The van der Waals surface area contributed by atoms with E-state index in [2.05, 4.69) is 5.32 Å². The fraction of sp³-hybridized carbons (Fsp3) is 0. The van der Waals surface area contributed by atoms with Crippen molar-refractivity contribution < 1.29 is 15.0 Å². The van der Waals surface area contributed by atoms with Crippen LogP contribution in [0.4, 0.5) is 11.4 Å². The maximum absolute atomic E-state index is 12.3. The molecule has 0 aliphatic rings. The van der Waals surface area contributed by atoms with E-state index in [1.165, 1.54) is 12.1 Å². The van der Waals surface area contributed by atoms with Crippen LogP contribution in [0.5, 0.6) is 11.5 Å². The third-order valence-corrected chi connectivity index (χ3v) is 3.43. The molecule has 0 aliphatic heterocycles. The fourth-order valence-electron chi connectivity index (χ4n) is 2.20. The summed E-state index contributed by atoms with van der Waals surface area (Å²) in [4.78, 5) is 12.3. The summed E-state index contributed by atoms with van der Waals surface area (Å²) in [6.45, 7) is 0. The fourth-order valence-corrected chi connectivity index (χ4v) is 2.20. The predicted octanol–water partition coefficient (Wildman–Crippen LogP) is 4.07. The maximum atomic E-state index is 12.3. The second kappa shape index (κ2) is 6.23. The number of benzene rings is 3. The Morgan fingerprint density at radius 2 is 0.957 bits per heavy atom. The summed E-state index contributed by atoms with van der Waals surface area (Å²) in [5.41, 5.74) is 2.80. The van der Waals surface area contributed by atoms with Gasteiger partial charge in [-0.25, -0.2) is 0 Å². The molecule has 3 aromatic carbocycles. The lowest BCUT2D eigenvalue weighted by molar-refractivity contribution is 0.103. The smallest absolute Gasteiger partial charge is 0.193 e. The first-order valence-electron chi connectivity index (χ1n) is 7.12. The highest BCUT2D eigenvalue weighted by Gasteiger charge is 2.08. The zero-order chi connectivity index (χ0) is 16.2. The average Bonchev–Trinajstić information content (AvgIpc) is 2.58. The first kappa shape index (κ1) is 14.7. The van der Waals surface area contributed by atoms with Crippen LogP contribution in [-0.4, -0.2) is 16.0 Å². The van der Waals surface area contributed by atoms with Crippen molar-refractivity contribution in [1.29, 1.82) is 0 Å². The zero-order valence-electron chi connectivity index (χ0n) is 12.2. The lowest BCUT2D eigenvalue weighted by Crippen LogP contribution is -2.01. The molecule has 3 aromatic rings. The van der Waals surface area contributed by atoms with Crippen molar-refractivity contribution in [2.45, 2.75) is 0 Å². The number of hydrogen-bond donors (Lipinski definition) is 3. The average molecular weight is 305 g/mol. The van der Waals surface area contributed by atoms with E-state index in [0.717, 1.165) is 11.4 Å². The molecule has 0 saturated heterocycles. The SMILES string of the molecule is O=C(c1ccc(O)cc1)c1ccc(Nc2ccc(O)cc2)cc1. The molecule has 0 bridgehead atoms. The van der Waals surface area contributed by atoms with Crippen molar-refractivity contribution in [2.75, 3.05) is 5.32 Å². The number of aromatic hydroxyl groups is 2. The van der Waals surface area contributed by atoms with E-state index in [4.69, 9.17) is 0 Å². The lowest BCUT2D eigenvalue weighted by Gasteiger charge is -2.07. The Morgan fingerprint density at radius 3 is 1.43 bits per heavy atom. The molecule has 0 atom stereocenters. The number of hydrogen-bond acceptors (Lipinski definition) is 4. The quantitative estimate of drug-likeness (QED) is 0.502. The Labute approximate surface area is 133 Å². The Hall–Kier alpha value is -3.27. The molecule has 0 aliphatic carbocycles. The predicted molar refractivity (Wildman–Crippen MR) is 89.4 cm³/mol. The van der Waals surface area contributed by atoms with E-state index < -0.39 is 0 Å². The largest absolute Gasteiger partial charge is 0.508 e. The number of nitrogens with one attached hydrogen (secondary N) is 1. The Morgan fingerprint density at radius 1 is 0.609 bits per heavy atom. The molecule has 23 heavy (non-hydrogen) atoms. The Bertz CT molecular complexity index is 807. The molecule has 0 amide bonds. The van der Waals surface area contributed by atoms with Gasteiger partial charge >= 0.3 is 0 Å². The van der Waals surface area contributed by atoms with Crippen molar-refractivity contribution in [3.63, 3.8) is 0 Å². The molecule has 0 aromatic heterocycles. The van der Waals surface area contributed by atoms with E-state index >= 15 is 0 Å². The number of anilines is 2. The van der Waals surface area contributed by atoms with Crippen LogP contribution in [0, 0.1) is 0 Å². The van der Waals surface area contributed by atoms with Gasteiger partial charge in [0.2, 0.25) is 0 Å². The molecule has 3 rings (SSSR count). The summed E-state index contributed by atoms with van der Waals surface area (Å²) in [7, 11) is 0. The molecule has 3 N–H and O–H groups in total. The molecule has 0 fully saturated rings. The molecule has 0 heterocycles. The van der Waals surface area contributed by atoms with Gasteiger partial charge in [0.1, 0.15) is 11.5 Å². The van der Waals surface area contributed by atoms with E-state index in [9.17, 15) is 15.0 Å².